The molecule has 0 spiro atoms. The molecule has 1 rings (SSSR count). The van der Waals surface area contributed by atoms with Gasteiger partial charge in [0, 0.05) is 23.9 Å². The van der Waals surface area contributed by atoms with Crippen LogP contribution in [0.25, 0.3) is 0 Å². The lowest BCUT2D eigenvalue weighted by Gasteiger charge is -2.15. The van der Waals surface area contributed by atoms with Crippen molar-refractivity contribution in [3.8, 4) is 5.75 Å². The van der Waals surface area contributed by atoms with E-state index in [1.807, 2.05) is 6.92 Å². The van der Waals surface area contributed by atoms with E-state index in [-0.39, 0.29) is 16.7 Å². The van der Waals surface area contributed by atoms with Gasteiger partial charge < -0.3 is 10.1 Å². The molecule has 1 N–H and O–H groups in total. The molecule has 0 saturated carbocycles. The third-order valence-electron chi connectivity index (χ3n) is 2.37. The van der Waals surface area contributed by atoms with Gasteiger partial charge in [-0.15, -0.1) is 0 Å². The number of methoxy groups -OCH3 is 1. The molecule has 100 valence electrons. The van der Waals surface area contributed by atoms with Crippen molar-refractivity contribution in [2.24, 2.45) is 0 Å². The molecule has 0 aliphatic carbocycles. The van der Waals surface area contributed by atoms with Gasteiger partial charge in [0.15, 0.2) is 0 Å². The first-order chi connectivity index (χ1) is 8.58. The van der Waals surface area contributed by atoms with E-state index in [0.29, 0.717) is 11.4 Å². The molecule has 0 bridgehead atoms. The first kappa shape index (κ1) is 14.6. The van der Waals surface area contributed by atoms with E-state index < -0.39 is 0 Å². The summed E-state index contributed by atoms with van der Waals surface area (Å²) in [4.78, 5) is 10.5. The Bertz CT molecular complexity index is 412. The summed E-state index contributed by atoms with van der Waals surface area (Å²) in [6.07, 6.45) is 0. The van der Waals surface area contributed by atoms with Crippen LogP contribution in [0.3, 0.4) is 0 Å². The lowest BCUT2D eigenvalue weighted by atomic mass is 10.2. The van der Waals surface area contributed by atoms with Gasteiger partial charge in [-0.3, -0.25) is 10.1 Å². The number of hydrogen-bond acceptors (Lipinski definition) is 5. The van der Waals surface area contributed by atoms with E-state index in [1.54, 1.807) is 31.0 Å². The zero-order valence-electron chi connectivity index (χ0n) is 10.8. The van der Waals surface area contributed by atoms with E-state index in [9.17, 15) is 10.1 Å². The van der Waals surface area contributed by atoms with Gasteiger partial charge in [-0.1, -0.05) is 6.92 Å². The maximum Gasteiger partial charge on any atom is 0.292 e. The second-order valence-electron chi connectivity index (χ2n) is 3.85. The third-order valence-corrected chi connectivity index (χ3v) is 3.52. The normalized spacial score (nSPS) is 11.9. The Hall–Kier alpha value is -1.43. The first-order valence-corrected chi connectivity index (χ1v) is 6.90. The Morgan fingerprint density at radius 3 is 2.83 bits per heavy atom. The molecule has 18 heavy (non-hydrogen) atoms. The zero-order valence-corrected chi connectivity index (χ0v) is 11.6. The van der Waals surface area contributed by atoms with Crippen molar-refractivity contribution in [3.05, 3.63) is 28.3 Å². The Labute approximate surface area is 111 Å². The number of nitro benzene ring substituents is 1. The minimum atomic E-state index is -0.387. The Balaban J connectivity index is 2.86. The lowest BCUT2D eigenvalue weighted by Crippen LogP contribution is -2.18. The van der Waals surface area contributed by atoms with Crippen LogP contribution in [0.1, 0.15) is 13.8 Å². The Morgan fingerprint density at radius 1 is 1.56 bits per heavy atom. The number of nitro groups is 1. The molecule has 1 aromatic rings. The number of nitrogens with zero attached hydrogens (tertiary/aromatic N) is 1. The highest BCUT2D eigenvalue weighted by atomic mass is 32.2. The van der Waals surface area contributed by atoms with Crippen LogP contribution in [0.4, 0.5) is 11.4 Å². The second-order valence-corrected chi connectivity index (χ2v) is 5.16. The van der Waals surface area contributed by atoms with Crippen molar-refractivity contribution in [1.82, 2.24) is 0 Å². The van der Waals surface area contributed by atoms with Crippen LogP contribution < -0.4 is 10.1 Å². The number of benzene rings is 1. The predicted molar refractivity (Wildman–Crippen MR) is 75.7 cm³/mol. The molecule has 1 aromatic carbocycles. The van der Waals surface area contributed by atoms with Crippen molar-refractivity contribution in [1.29, 1.82) is 0 Å². The minimum Gasteiger partial charge on any atom is -0.497 e. The smallest absolute Gasteiger partial charge is 0.292 e. The molecule has 0 aliphatic heterocycles. The molecule has 0 fully saturated rings. The minimum absolute atomic E-state index is 0.0733. The summed E-state index contributed by atoms with van der Waals surface area (Å²) in [5.41, 5.74) is 0.577. The highest BCUT2D eigenvalue weighted by molar-refractivity contribution is 7.99. The van der Waals surface area contributed by atoms with E-state index in [0.717, 1.165) is 11.5 Å². The molecular formula is C12H18N2O3S. The topological polar surface area (TPSA) is 64.4 Å². The molecule has 0 saturated heterocycles. The molecular weight excluding hydrogens is 252 g/mol. The van der Waals surface area contributed by atoms with Gasteiger partial charge in [-0.2, -0.15) is 11.8 Å². The SMILES string of the molecule is CCSCC(C)Nc1cc(OC)ccc1[N+](=O)[O-]. The average Bonchev–Trinajstić information content (AvgIpc) is 2.35. The number of nitrogens with one attached hydrogen (secondary N) is 1. The fraction of sp³-hybridized carbons (Fsp3) is 0.500. The summed E-state index contributed by atoms with van der Waals surface area (Å²) < 4.78 is 5.08. The maximum absolute atomic E-state index is 10.9. The van der Waals surface area contributed by atoms with Gasteiger partial charge in [0.05, 0.1) is 12.0 Å². The first-order valence-electron chi connectivity index (χ1n) is 5.75. The summed E-state index contributed by atoms with van der Waals surface area (Å²) in [6.45, 7) is 4.09. The van der Waals surface area contributed by atoms with Crippen LogP contribution in [0.2, 0.25) is 0 Å². The van der Waals surface area contributed by atoms with E-state index in [4.69, 9.17) is 4.74 Å². The van der Waals surface area contributed by atoms with Crippen molar-refractivity contribution in [2.45, 2.75) is 19.9 Å². The Morgan fingerprint density at radius 2 is 2.28 bits per heavy atom. The average molecular weight is 270 g/mol. The van der Waals surface area contributed by atoms with Gasteiger partial charge in [-0.25, -0.2) is 0 Å². The highest BCUT2D eigenvalue weighted by Gasteiger charge is 2.16. The number of hydrogen-bond donors (Lipinski definition) is 1. The fourth-order valence-corrected chi connectivity index (χ4v) is 2.19. The van der Waals surface area contributed by atoms with Gasteiger partial charge in [0.1, 0.15) is 11.4 Å². The molecule has 0 aliphatic rings. The van der Waals surface area contributed by atoms with Crippen molar-refractivity contribution in [3.63, 3.8) is 0 Å². The van der Waals surface area contributed by atoms with Gasteiger partial charge in [0.25, 0.3) is 5.69 Å². The van der Waals surface area contributed by atoms with Crippen molar-refractivity contribution in [2.75, 3.05) is 23.9 Å². The summed E-state index contributed by atoms with van der Waals surface area (Å²) in [7, 11) is 1.54. The van der Waals surface area contributed by atoms with Crippen molar-refractivity contribution < 1.29 is 9.66 Å². The molecule has 1 unspecified atom stereocenters. The highest BCUT2D eigenvalue weighted by Crippen LogP contribution is 2.29. The molecule has 0 amide bonds. The van der Waals surface area contributed by atoms with E-state index in [2.05, 4.69) is 12.2 Å². The summed E-state index contributed by atoms with van der Waals surface area (Å²) >= 11 is 1.80. The van der Waals surface area contributed by atoms with Crippen LogP contribution in [-0.2, 0) is 0 Å². The van der Waals surface area contributed by atoms with E-state index in [1.165, 1.54) is 6.07 Å². The molecule has 0 radical (unpaired) electrons. The van der Waals surface area contributed by atoms with Crippen LogP contribution >= 0.6 is 11.8 Å². The van der Waals surface area contributed by atoms with Crippen molar-refractivity contribution >= 4 is 23.1 Å². The molecule has 6 heteroatoms. The maximum atomic E-state index is 10.9. The Kier molecular flexibility index (Phi) is 5.77. The largest absolute Gasteiger partial charge is 0.497 e. The molecule has 5 nitrogen and oxygen atoms in total. The van der Waals surface area contributed by atoms with E-state index >= 15 is 0 Å². The monoisotopic (exact) mass is 270 g/mol. The fourth-order valence-electron chi connectivity index (χ4n) is 1.52. The number of rotatable bonds is 7. The summed E-state index contributed by atoms with van der Waals surface area (Å²) in [5, 5.41) is 14.1. The van der Waals surface area contributed by atoms with Gasteiger partial charge >= 0.3 is 0 Å². The molecule has 0 aromatic heterocycles. The number of thioether (sulfide) groups is 1. The quantitative estimate of drug-likeness (QED) is 0.609. The predicted octanol–water partition coefficient (Wildman–Crippen LogP) is 3.16. The zero-order chi connectivity index (χ0) is 13.5. The summed E-state index contributed by atoms with van der Waals surface area (Å²) in [5.74, 6) is 2.55. The standard InChI is InChI=1S/C12H18N2O3S/c1-4-18-8-9(2)13-11-7-10(17-3)5-6-12(11)14(15)16/h5-7,9,13H,4,8H2,1-3H3. The molecule has 1 atom stereocenters. The number of ether oxygens (including phenoxy) is 1. The van der Waals surface area contributed by atoms with Crippen LogP contribution in [0.15, 0.2) is 18.2 Å². The van der Waals surface area contributed by atoms with Gasteiger partial charge in [-0.05, 0) is 18.7 Å². The van der Waals surface area contributed by atoms with Crippen LogP contribution in [-0.4, -0.2) is 29.6 Å². The number of anilines is 1. The summed E-state index contributed by atoms with van der Waals surface area (Å²) in [6, 6.07) is 4.88. The third kappa shape index (κ3) is 4.10. The van der Waals surface area contributed by atoms with Crippen LogP contribution in [0.5, 0.6) is 5.75 Å². The van der Waals surface area contributed by atoms with Gasteiger partial charge in [0.2, 0.25) is 0 Å². The second kappa shape index (κ2) is 7.10. The lowest BCUT2D eigenvalue weighted by molar-refractivity contribution is -0.384. The van der Waals surface area contributed by atoms with Crippen LogP contribution in [0, 0.1) is 10.1 Å². The molecule has 0 heterocycles.